The van der Waals surface area contributed by atoms with Gasteiger partial charge >= 0.3 is 51.4 Å². The van der Waals surface area contributed by atoms with Crippen molar-refractivity contribution in [3.63, 3.8) is 0 Å². The fourth-order valence-corrected chi connectivity index (χ4v) is 4.90. The standard InChI is InChI=1S/C16H17NO4S.K/c1-16(2)12(15(20)21)17-13(19)11(14(17)22-16)10(18)8-9-6-4-3-5-7-9;/h3-7,11-12,14H,8H2,1-2H3,(H,20,21);/q;+1/p-1/t11?,12-,14+;/m0./s1. The summed E-state index contributed by atoms with van der Waals surface area (Å²) < 4.78 is -0.652. The molecular weight excluding hydrogens is 341 g/mol. The number of β-lactam (4-membered cyclic amide) rings is 1. The molecule has 1 aromatic carbocycles. The van der Waals surface area contributed by atoms with Crippen molar-refractivity contribution >= 4 is 29.4 Å². The van der Waals surface area contributed by atoms with E-state index in [0.29, 0.717) is 0 Å². The van der Waals surface area contributed by atoms with E-state index in [0.717, 1.165) is 5.56 Å². The minimum atomic E-state index is -1.26. The number of thioether (sulfide) groups is 1. The topological polar surface area (TPSA) is 77.5 Å². The number of aliphatic carboxylic acids is 1. The van der Waals surface area contributed by atoms with Crippen molar-refractivity contribution in [3.8, 4) is 0 Å². The van der Waals surface area contributed by atoms with E-state index in [2.05, 4.69) is 0 Å². The first kappa shape index (κ1) is 19.1. The van der Waals surface area contributed by atoms with Crippen molar-refractivity contribution < 1.29 is 70.9 Å². The quantitative estimate of drug-likeness (QED) is 0.331. The molecule has 2 heterocycles. The molecule has 0 saturated carbocycles. The van der Waals surface area contributed by atoms with Crippen molar-refractivity contribution in [2.24, 2.45) is 5.92 Å². The van der Waals surface area contributed by atoms with E-state index in [-0.39, 0.29) is 69.0 Å². The maximum Gasteiger partial charge on any atom is 1.00 e. The van der Waals surface area contributed by atoms with Crippen molar-refractivity contribution in [2.45, 2.75) is 36.4 Å². The molecule has 3 rings (SSSR count). The molecule has 0 N–H and O–H groups in total. The largest absolute Gasteiger partial charge is 1.00 e. The summed E-state index contributed by atoms with van der Waals surface area (Å²) in [6.07, 6.45) is 0.193. The van der Waals surface area contributed by atoms with Gasteiger partial charge in [-0.25, -0.2) is 0 Å². The van der Waals surface area contributed by atoms with Gasteiger partial charge in [0.1, 0.15) is 5.92 Å². The monoisotopic (exact) mass is 357 g/mol. The molecule has 2 aliphatic heterocycles. The van der Waals surface area contributed by atoms with Gasteiger partial charge in [-0.15, -0.1) is 11.8 Å². The van der Waals surface area contributed by atoms with Gasteiger partial charge in [-0.05, 0) is 19.4 Å². The van der Waals surface area contributed by atoms with Crippen molar-refractivity contribution in [2.75, 3.05) is 0 Å². The smallest absolute Gasteiger partial charge is 0.548 e. The fraction of sp³-hybridized carbons (Fsp3) is 0.438. The Hall–Kier alpha value is -0.184. The van der Waals surface area contributed by atoms with Crippen LogP contribution in [0.3, 0.4) is 0 Å². The van der Waals surface area contributed by atoms with Crippen molar-refractivity contribution in [3.05, 3.63) is 35.9 Å². The number of carboxylic acid groups (broad SMARTS) is 1. The van der Waals surface area contributed by atoms with Crippen LogP contribution in [0.15, 0.2) is 30.3 Å². The summed E-state index contributed by atoms with van der Waals surface area (Å²) in [4.78, 5) is 37.3. The van der Waals surface area contributed by atoms with Crippen LogP contribution in [0, 0.1) is 5.92 Å². The van der Waals surface area contributed by atoms with E-state index in [1.54, 1.807) is 13.8 Å². The summed E-state index contributed by atoms with van der Waals surface area (Å²) in [5.74, 6) is -2.55. The number of carbonyl (C=O) groups excluding carboxylic acids is 3. The first-order valence-corrected chi connectivity index (χ1v) is 7.98. The van der Waals surface area contributed by atoms with Crippen LogP contribution in [0.5, 0.6) is 0 Å². The summed E-state index contributed by atoms with van der Waals surface area (Å²) in [5.41, 5.74) is 0.859. The van der Waals surface area contributed by atoms with Gasteiger partial charge in [-0.1, -0.05) is 30.3 Å². The fourth-order valence-electron chi connectivity index (χ4n) is 3.20. The van der Waals surface area contributed by atoms with Gasteiger partial charge in [-0.3, -0.25) is 9.59 Å². The number of ketones is 1. The zero-order valence-corrected chi connectivity index (χ0v) is 17.3. The Morgan fingerprint density at radius 2 is 1.87 bits per heavy atom. The Morgan fingerprint density at radius 1 is 1.26 bits per heavy atom. The van der Waals surface area contributed by atoms with Gasteiger partial charge in [0.2, 0.25) is 5.91 Å². The van der Waals surface area contributed by atoms with Gasteiger partial charge < -0.3 is 14.8 Å². The average Bonchev–Trinajstić information content (AvgIpc) is 2.68. The number of nitrogens with zero attached hydrogens (tertiary/aromatic N) is 1. The number of fused-ring (bicyclic) bond motifs is 1. The molecule has 2 fully saturated rings. The first-order chi connectivity index (χ1) is 10.3. The van der Waals surface area contributed by atoms with Crippen LogP contribution in [0.4, 0.5) is 0 Å². The minimum absolute atomic E-state index is 0. The second-order valence-electron chi connectivity index (χ2n) is 6.19. The molecule has 1 aromatic rings. The molecule has 1 amide bonds. The number of carbonyl (C=O) groups is 3. The number of amides is 1. The predicted octanol–water partition coefficient (Wildman–Crippen LogP) is -2.77. The summed E-state index contributed by atoms with van der Waals surface area (Å²) in [6, 6.07) is 8.26. The molecule has 3 atom stereocenters. The Kier molecular flexibility index (Phi) is 5.81. The molecule has 116 valence electrons. The summed E-state index contributed by atoms with van der Waals surface area (Å²) in [5, 5.41) is 10.9. The van der Waals surface area contributed by atoms with Crippen LogP contribution in [-0.2, 0) is 20.8 Å². The van der Waals surface area contributed by atoms with Crippen LogP contribution >= 0.6 is 11.8 Å². The van der Waals surface area contributed by atoms with Gasteiger partial charge in [0, 0.05) is 11.2 Å². The molecule has 0 aliphatic carbocycles. The maximum absolute atomic E-state index is 12.4. The second kappa shape index (κ2) is 6.97. The number of Topliss-reactive ketones (excluding diaryl/α,β-unsaturated/α-hetero) is 1. The number of hydrogen-bond acceptors (Lipinski definition) is 5. The number of carboxylic acids is 1. The van der Waals surface area contributed by atoms with Crippen LogP contribution in [0.2, 0.25) is 0 Å². The minimum Gasteiger partial charge on any atom is -0.548 e. The molecule has 2 aliphatic rings. The van der Waals surface area contributed by atoms with Crippen LogP contribution in [-0.4, -0.2) is 38.7 Å². The molecular formula is C16H16KNO4S. The molecule has 0 radical (unpaired) electrons. The van der Waals surface area contributed by atoms with Crippen LogP contribution < -0.4 is 56.5 Å². The molecule has 7 heteroatoms. The number of rotatable bonds is 4. The molecule has 0 spiro atoms. The van der Waals surface area contributed by atoms with Crippen LogP contribution in [0.1, 0.15) is 19.4 Å². The van der Waals surface area contributed by atoms with Gasteiger partial charge in [0.05, 0.1) is 17.4 Å². The normalized spacial score (nSPS) is 27.7. The number of benzene rings is 1. The van der Waals surface area contributed by atoms with E-state index in [1.807, 2.05) is 30.3 Å². The van der Waals surface area contributed by atoms with E-state index in [9.17, 15) is 19.5 Å². The maximum atomic E-state index is 12.4. The van der Waals surface area contributed by atoms with Gasteiger partial charge in [0.15, 0.2) is 5.78 Å². The third-order valence-electron chi connectivity index (χ3n) is 4.23. The van der Waals surface area contributed by atoms with E-state index >= 15 is 0 Å². The number of hydrogen-bond donors (Lipinski definition) is 0. The van der Waals surface area contributed by atoms with E-state index in [4.69, 9.17) is 0 Å². The summed E-state index contributed by atoms with van der Waals surface area (Å²) in [6.45, 7) is 3.53. The third kappa shape index (κ3) is 3.32. The molecule has 2 saturated heterocycles. The Balaban J connectivity index is 0.00000192. The van der Waals surface area contributed by atoms with Crippen molar-refractivity contribution in [1.29, 1.82) is 0 Å². The molecule has 1 unspecified atom stereocenters. The summed E-state index contributed by atoms with van der Waals surface area (Å²) in [7, 11) is 0. The van der Waals surface area contributed by atoms with E-state index in [1.165, 1.54) is 16.7 Å². The Bertz CT molecular complexity index is 649. The zero-order chi connectivity index (χ0) is 16.1. The Labute approximate surface area is 181 Å². The third-order valence-corrected chi connectivity index (χ3v) is 5.80. The van der Waals surface area contributed by atoms with Gasteiger partial charge in [0.25, 0.3) is 0 Å². The average molecular weight is 357 g/mol. The SMILES string of the molecule is CC1(C)S[C@@H]2C(C(=O)Cc3ccccc3)C(=O)N2[C@H]1C(=O)[O-].[K+]. The van der Waals surface area contributed by atoms with Gasteiger partial charge in [-0.2, -0.15) is 0 Å². The molecule has 0 aromatic heterocycles. The van der Waals surface area contributed by atoms with E-state index < -0.39 is 28.6 Å². The molecule has 0 bridgehead atoms. The molecule has 5 nitrogen and oxygen atoms in total. The van der Waals surface area contributed by atoms with Crippen molar-refractivity contribution in [1.82, 2.24) is 4.90 Å². The first-order valence-electron chi connectivity index (χ1n) is 7.10. The summed E-state index contributed by atoms with van der Waals surface area (Å²) >= 11 is 1.37. The Morgan fingerprint density at radius 3 is 2.43 bits per heavy atom. The predicted molar refractivity (Wildman–Crippen MR) is 79.7 cm³/mol. The molecule has 23 heavy (non-hydrogen) atoms. The van der Waals surface area contributed by atoms with Crippen LogP contribution in [0.25, 0.3) is 0 Å². The zero-order valence-electron chi connectivity index (χ0n) is 13.3. The second-order valence-corrected chi connectivity index (χ2v) is 7.96.